The molecular weight excluding hydrogens is 469 g/mol. The van der Waals surface area contributed by atoms with Gasteiger partial charge >= 0.3 is 11.8 Å². The van der Waals surface area contributed by atoms with Gasteiger partial charge < -0.3 is 10.6 Å². The Balaban J connectivity index is 1.55. The lowest BCUT2D eigenvalue weighted by Crippen LogP contribution is -2.46. The summed E-state index contributed by atoms with van der Waals surface area (Å²) in [6, 6.07) is 10.4. The molecule has 2 N–H and O–H groups in total. The first-order valence-electron chi connectivity index (χ1n) is 10.8. The van der Waals surface area contributed by atoms with Gasteiger partial charge in [0.1, 0.15) is 5.82 Å². The number of halogens is 2. The normalized spacial score (nSPS) is 16.9. The zero-order valence-electron chi connectivity index (χ0n) is 18.3. The molecule has 2 amide bonds. The van der Waals surface area contributed by atoms with E-state index in [1.54, 1.807) is 24.3 Å². The molecule has 0 saturated carbocycles. The molecule has 2 aromatic rings. The smallest absolute Gasteiger partial charge is 0.309 e. The number of nitrogens with zero attached hydrogens (tertiary/aromatic N) is 1. The van der Waals surface area contributed by atoms with E-state index in [2.05, 4.69) is 10.6 Å². The molecule has 1 saturated heterocycles. The molecule has 1 heterocycles. The van der Waals surface area contributed by atoms with Crippen molar-refractivity contribution in [3.8, 4) is 0 Å². The first-order valence-corrected chi connectivity index (χ1v) is 12.6. The largest absolute Gasteiger partial charge is 0.348 e. The molecular formula is C23H27ClFN3O4S. The van der Waals surface area contributed by atoms with Crippen LogP contribution < -0.4 is 10.6 Å². The number of hydrogen-bond donors (Lipinski definition) is 2. The Hall–Kier alpha value is -2.49. The topological polar surface area (TPSA) is 95.6 Å². The van der Waals surface area contributed by atoms with Crippen LogP contribution in [0, 0.1) is 12.7 Å². The van der Waals surface area contributed by atoms with Gasteiger partial charge in [-0.05, 0) is 61.6 Å². The zero-order chi connectivity index (χ0) is 24.0. The van der Waals surface area contributed by atoms with Crippen LogP contribution in [0.25, 0.3) is 0 Å². The van der Waals surface area contributed by atoms with Gasteiger partial charge in [0.05, 0.1) is 4.90 Å². The van der Waals surface area contributed by atoms with Gasteiger partial charge in [0.2, 0.25) is 10.0 Å². The molecule has 1 unspecified atom stereocenters. The van der Waals surface area contributed by atoms with E-state index < -0.39 is 27.7 Å². The molecule has 0 aliphatic carbocycles. The van der Waals surface area contributed by atoms with E-state index in [0.717, 1.165) is 18.9 Å². The number of carbonyl (C=O) groups is 2. The molecule has 33 heavy (non-hydrogen) atoms. The van der Waals surface area contributed by atoms with Crippen LogP contribution in [0.15, 0.2) is 47.4 Å². The van der Waals surface area contributed by atoms with Crippen LogP contribution in [0.1, 0.15) is 36.8 Å². The van der Waals surface area contributed by atoms with E-state index >= 15 is 0 Å². The molecule has 7 nitrogen and oxygen atoms in total. The highest BCUT2D eigenvalue weighted by atomic mass is 35.5. The fourth-order valence-electron chi connectivity index (χ4n) is 3.82. The Morgan fingerprint density at radius 3 is 2.58 bits per heavy atom. The molecule has 178 valence electrons. The van der Waals surface area contributed by atoms with Crippen molar-refractivity contribution >= 4 is 33.4 Å². The predicted molar refractivity (Wildman–Crippen MR) is 124 cm³/mol. The van der Waals surface area contributed by atoms with Crippen LogP contribution in [0.5, 0.6) is 0 Å². The second-order valence-electron chi connectivity index (χ2n) is 8.00. The van der Waals surface area contributed by atoms with Crippen LogP contribution in [-0.2, 0) is 26.2 Å². The first-order chi connectivity index (χ1) is 15.7. The average Bonchev–Trinajstić information content (AvgIpc) is 2.80. The van der Waals surface area contributed by atoms with E-state index in [0.29, 0.717) is 30.0 Å². The Bertz CT molecular complexity index is 1130. The van der Waals surface area contributed by atoms with Crippen molar-refractivity contribution in [3.63, 3.8) is 0 Å². The number of hydrogen-bond acceptors (Lipinski definition) is 4. The van der Waals surface area contributed by atoms with Gasteiger partial charge in [0.15, 0.2) is 0 Å². The van der Waals surface area contributed by atoms with Crippen molar-refractivity contribution in [1.29, 1.82) is 0 Å². The van der Waals surface area contributed by atoms with Crippen molar-refractivity contribution in [2.75, 3.05) is 13.1 Å². The summed E-state index contributed by atoms with van der Waals surface area (Å²) in [4.78, 5) is 24.3. The minimum Gasteiger partial charge on any atom is -0.348 e. The average molecular weight is 496 g/mol. The van der Waals surface area contributed by atoms with Gasteiger partial charge in [-0.1, -0.05) is 36.2 Å². The fourth-order valence-corrected chi connectivity index (χ4v) is 5.83. The van der Waals surface area contributed by atoms with E-state index in [1.807, 2.05) is 0 Å². The summed E-state index contributed by atoms with van der Waals surface area (Å²) < 4.78 is 41.3. The lowest BCUT2D eigenvalue weighted by atomic mass is 10.0. The van der Waals surface area contributed by atoms with Gasteiger partial charge in [0.25, 0.3) is 0 Å². The number of sulfonamides is 1. The summed E-state index contributed by atoms with van der Waals surface area (Å²) in [5.41, 5.74) is 0.958. The van der Waals surface area contributed by atoms with Gasteiger partial charge in [-0.25, -0.2) is 12.8 Å². The van der Waals surface area contributed by atoms with Crippen molar-refractivity contribution < 1.29 is 22.4 Å². The first kappa shape index (κ1) is 25.1. The van der Waals surface area contributed by atoms with Gasteiger partial charge in [0, 0.05) is 30.7 Å². The highest BCUT2D eigenvalue weighted by Crippen LogP contribution is 2.27. The maximum Gasteiger partial charge on any atom is 0.309 e. The van der Waals surface area contributed by atoms with E-state index in [9.17, 15) is 22.4 Å². The minimum atomic E-state index is -3.80. The monoisotopic (exact) mass is 495 g/mol. The summed E-state index contributed by atoms with van der Waals surface area (Å²) in [5, 5.41) is 5.57. The minimum absolute atomic E-state index is 0.0521. The van der Waals surface area contributed by atoms with Gasteiger partial charge in [-0.3, -0.25) is 9.59 Å². The summed E-state index contributed by atoms with van der Waals surface area (Å²) in [6.07, 6.45) is 2.61. The number of aryl methyl sites for hydroxylation is 1. The van der Waals surface area contributed by atoms with Gasteiger partial charge in [-0.15, -0.1) is 0 Å². The Labute approximate surface area is 198 Å². The number of carbonyl (C=O) groups excluding carboxylic acids is 2. The number of amides is 2. The highest BCUT2D eigenvalue weighted by molar-refractivity contribution is 7.89. The number of rotatable bonds is 7. The van der Waals surface area contributed by atoms with Crippen molar-refractivity contribution in [2.24, 2.45) is 0 Å². The highest BCUT2D eigenvalue weighted by Gasteiger charge is 2.33. The van der Waals surface area contributed by atoms with Crippen LogP contribution >= 0.6 is 11.6 Å². The molecule has 0 radical (unpaired) electrons. The summed E-state index contributed by atoms with van der Waals surface area (Å²) in [6.45, 7) is 2.15. The number of piperidine rings is 1. The van der Waals surface area contributed by atoms with E-state index in [-0.39, 0.29) is 29.6 Å². The third kappa shape index (κ3) is 6.31. The summed E-state index contributed by atoms with van der Waals surface area (Å²) >= 11 is 6.04. The van der Waals surface area contributed by atoms with Crippen LogP contribution in [0.2, 0.25) is 5.02 Å². The summed E-state index contributed by atoms with van der Waals surface area (Å²) in [5.74, 6) is -2.04. The Morgan fingerprint density at radius 2 is 1.85 bits per heavy atom. The molecule has 1 fully saturated rings. The summed E-state index contributed by atoms with van der Waals surface area (Å²) in [7, 11) is -3.80. The quantitative estimate of drug-likeness (QED) is 0.577. The van der Waals surface area contributed by atoms with E-state index in [1.165, 1.54) is 23.4 Å². The fraction of sp³-hybridized carbons (Fsp3) is 0.391. The number of benzene rings is 2. The van der Waals surface area contributed by atoms with E-state index in [4.69, 9.17) is 11.6 Å². The van der Waals surface area contributed by atoms with Crippen LogP contribution in [0.4, 0.5) is 4.39 Å². The molecule has 2 aromatic carbocycles. The maximum atomic E-state index is 13.6. The third-order valence-corrected chi connectivity index (χ3v) is 7.99. The van der Waals surface area contributed by atoms with Crippen LogP contribution in [-0.4, -0.2) is 43.7 Å². The molecule has 0 bridgehead atoms. The molecule has 1 aliphatic heterocycles. The van der Waals surface area contributed by atoms with Crippen molar-refractivity contribution in [3.05, 3.63) is 64.4 Å². The lowest BCUT2D eigenvalue weighted by Gasteiger charge is -2.34. The lowest BCUT2D eigenvalue weighted by molar-refractivity contribution is -0.139. The molecule has 0 aromatic heterocycles. The molecule has 0 spiro atoms. The zero-order valence-corrected chi connectivity index (χ0v) is 19.9. The second-order valence-corrected chi connectivity index (χ2v) is 10.3. The SMILES string of the molecule is Cc1cc(S(=O)(=O)N2CCCCC2CCNC(=O)C(=O)NCc2ccccc2Cl)ccc1F. The number of nitrogens with one attached hydrogen (secondary N) is 2. The second kappa shape index (κ2) is 11.1. The Morgan fingerprint density at radius 1 is 1.12 bits per heavy atom. The molecule has 1 aliphatic rings. The molecule has 10 heteroatoms. The van der Waals surface area contributed by atoms with Crippen molar-refractivity contribution in [2.45, 2.75) is 50.1 Å². The predicted octanol–water partition coefficient (Wildman–Crippen LogP) is 3.15. The van der Waals surface area contributed by atoms with Gasteiger partial charge in [-0.2, -0.15) is 4.31 Å². The standard InChI is InChI=1S/C23H27ClFN3O4S/c1-16-14-19(9-10-21(16)25)33(31,32)28-13-5-4-7-18(28)11-12-26-22(29)23(30)27-15-17-6-2-3-8-20(17)24/h2-3,6,8-10,14,18H,4-5,7,11-13,15H2,1H3,(H,26,29)(H,27,30). The molecule has 1 atom stereocenters. The third-order valence-electron chi connectivity index (χ3n) is 5.68. The van der Waals surface area contributed by atoms with Crippen LogP contribution in [0.3, 0.4) is 0 Å². The van der Waals surface area contributed by atoms with Crippen molar-refractivity contribution in [1.82, 2.24) is 14.9 Å². The maximum absolute atomic E-state index is 13.6. The Kier molecular flexibility index (Phi) is 8.45. The molecule has 3 rings (SSSR count).